The highest BCUT2D eigenvalue weighted by atomic mass is 32.2. The Balaban J connectivity index is 2.38. The van der Waals surface area contributed by atoms with Crippen LogP contribution in [-0.2, 0) is 15.5 Å². The van der Waals surface area contributed by atoms with Gasteiger partial charge in [-0.05, 0) is 37.0 Å². The molecule has 0 N–H and O–H groups in total. The van der Waals surface area contributed by atoms with Crippen LogP contribution >= 0.6 is 0 Å². The van der Waals surface area contributed by atoms with Crippen molar-refractivity contribution in [2.45, 2.75) is 44.9 Å². The first-order valence-electron chi connectivity index (χ1n) is 6.59. The molecule has 0 saturated carbocycles. The van der Waals surface area contributed by atoms with Crippen LogP contribution < -0.4 is 4.18 Å². The number of nitrogens with zero attached hydrogens (tertiary/aromatic N) is 1. The van der Waals surface area contributed by atoms with Crippen LogP contribution in [0, 0.1) is 13.8 Å². The van der Waals surface area contributed by atoms with Crippen molar-refractivity contribution in [2.24, 2.45) is 0 Å². The van der Waals surface area contributed by atoms with Crippen LogP contribution in [0.25, 0.3) is 0 Å². The van der Waals surface area contributed by atoms with E-state index in [2.05, 4.69) is 25.9 Å². The van der Waals surface area contributed by atoms with E-state index < -0.39 is 10.1 Å². The van der Waals surface area contributed by atoms with Gasteiger partial charge in [-0.2, -0.15) is 8.42 Å². The molecule has 1 heterocycles. The predicted molar refractivity (Wildman–Crippen MR) is 78.9 cm³/mol. The molecule has 0 fully saturated rings. The molecule has 1 aromatic carbocycles. The van der Waals surface area contributed by atoms with E-state index in [1.807, 2.05) is 6.07 Å². The van der Waals surface area contributed by atoms with E-state index in [-0.39, 0.29) is 21.8 Å². The number of hydrogen-bond donors (Lipinski definition) is 0. The Bertz CT molecular complexity index is 735. The van der Waals surface area contributed by atoms with E-state index in [0.717, 1.165) is 5.56 Å². The monoisotopic (exact) mass is 309 g/mol. The molecule has 0 aliphatic rings. The summed E-state index contributed by atoms with van der Waals surface area (Å²) in [7, 11) is -3.95. The molecule has 0 atom stereocenters. The molecule has 0 aliphatic carbocycles. The van der Waals surface area contributed by atoms with Gasteiger partial charge in [0.1, 0.15) is 11.4 Å². The second kappa shape index (κ2) is 5.18. The number of aromatic nitrogens is 1. The van der Waals surface area contributed by atoms with Crippen molar-refractivity contribution in [1.82, 2.24) is 5.16 Å². The summed E-state index contributed by atoms with van der Waals surface area (Å²) in [5.74, 6) is 0.502. The van der Waals surface area contributed by atoms with E-state index in [1.165, 1.54) is 0 Å². The zero-order chi connectivity index (χ0) is 15.8. The minimum atomic E-state index is -3.95. The summed E-state index contributed by atoms with van der Waals surface area (Å²) in [4.78, 5) is -0.0105. The summed E-state index contributed by atoms with van der Waals surface area (Å²) in [6, 6.07) is 7.06. The Labute approximate surface area is 125 Å². The molecule has 5 nitrogen and oxygen atoms in total. The van der Waals surface area contributed by atoms with Crippen molar-refractivity contribution in [1.29, 1.82) is 0 Å². The van der Waals surface area contributed by atoms with Gasteiger partial charge in [0.2, 0.25) is 0 Å². The minimum absolute atomic E-state index is 0.0105. The Morgan fingerprint density at radius 3 is 2.38 bits per heavy atom. The molecule has 0 amide bonds. The summed E-state index contributed by atoms with van der Waals surface area (Å²) in [5.41, 5.74) is 1.19. The van der Waals surface area contributed by atoms with E-state index in [4.69, 9.17) is 8.71 Å². The lowest BCUT2D eigenvalue weighted by Crippen LogP contribution is -2.14. The van der Waals surface area contributed by atoms with Gasteiger partial charge in [0.05, 0.1) is 0 Å². The lowest BCUT2D eigenvalue weighted by molar-refractivity contribution is 0.389. The molecule has 0 aliphatic heterocycles. The molecule has 21 heavy (non-hydrogen) atoms. The minimum Gasteiger partial charge on any atom is -0.379 e. The van der Waals surface area contributed by atoms with Crippen molar-refractivity contribution >= 4 is 10.1 Å². The van der Waals surface area contributed by atoms with Crippen LogP contribution in [0.4, 0.5) is 0 Å². The maximum atomic E-state index is 12.3. The van der Waals surface area contributed by atoms with Gasteiger partial charge in [-0.3, -0.25) is 0 Å². The van der Waals surface area contributed by atoms with Crippen LogP contribution in [0.1, 0.15) is 37.8 Å². The Hall–Kier alpha value is -1.82. The average molecular weight is 309 g/mol. The third-order valence-electron chi connectivity index (χ3n) is 3.12. The van der Waals surface area contributed by atoms with Crippen LogP contribution in [0.5, 0.6) is 5.75 Å². The molecular weight excluding hydrogens is 290 g/mol. The summed E-state index contributed by atoms with van der Waals surface area (Å²) in [5, 5.41) is 3.65. The van der Waals surface area contributed by atoms with Crippen LogP contribution in [0.15, 0.2) is 33.7 Å². The fourth-order valence-corrected chi connectivity index (χ4v) is 3.24. The number of benzene rings is 1. The zero-order valence-corrected chi connectivity index (χ0v) is 13.6. The standard InChI is InChI=1S/C15H19NO4S/c1-10-14(11(2)19-16-10)21(17,18)20-13-8-6-7-12(9-13)15(3,4)5/h6-9H,1-5H3. The van der Waals surface area contributed by atoms with Gasteiger partial charge < -0.3 is 8.71 Å². The molecule has 2 rings (SSSR count). The topological polar surface area (TPSA) is 69.4 Å². The fourth-order valence-electron chi connectivity index (χ4n) is 2.01. The first-order chi connectivity index (χ1) is 9.61. The Kier molecular flexibility index (Phi) is 3.84. The van der Waals surface area contributed by atoms with Gasteiger partial charge in [-0.25, -0.2) is 0 Å². The van der Waals surface area contributed by atoms with Crippen molar-refractivity contribution in [3.05, 3.63) is 41.3 Å². The molecular formula is C15H19NO4S. The van der Waals surface area contributed by atoms with Gasteiger partial charge >= 0.3 is 10.1 Å². The molecule has 6 heteroatoms. The molecule has 0 unspecified atom stereocenters. The van der Waals surface area contributed by atoms with Gasteiger partial charge in [0.25, 0.3) is 0 Å². The molecule has 0 spiro atoms. The lowest BCUT2D eigenvalue weighted by atomic mass is 9.87. The largest absolute Gasteiger partial charge is 0.379 e. The SMILES string of the molecule is Cc1noc(C)c1S(=O)(=O)Oc1cccc(C(C)(C)C)c1. The van der Waals surface area contributed by atoms with E-state index in [9.17, 15) is 8.42 Å². The fraction of sp³-hybridized carbons (Fsp3) is 0.400. The highest BCUT2D eigenvalue weighted by Crippen LogP contribution is 2.28. The predicted octanol–water partition coefficient (Wildman–Crippen LogP) is 3.36. The summed E-state index contributed by atoms with van der Waals surface area (Å²) < 4.78 is 34.8. The molecule has 2 aromatic rings. The zero-order valence-electron chi connectivity index (χ0n) is 12.8. The van der Waals surface area contributed by atoms with Crippen molar-refractivity contribution in [3.8, 4) is 5.75 Å². The second-order valence-corrected chi connectivity index (χ2v) is 7.45. The Morgan fingerprint density at radius 2 is 1.86 bits per heavy atom. The van der Waals surface area contributed by atoms with Gasteiger partial charge in [-0.1, -0.05) is 38.1 Å². The molecule has 0 bridgehead atoms. The normalized spacial score (nSPS) is 12.4. The summed E-state index contributed by atoms with van der Waals surface area (Å²) in [6.07, 6.45) is 0. The highest BCUT2D eigenvalue weighted by Gasteiger charge is 2.26. The Morgan fingerprint density at radius 1 is 1.19 bits per heavy atom. The molecule has 114 valence electrons. The van der Waals surface area contributed by atoms with E-state index in [1.54, 1.807) is 32.0 Å². The first-order valence-corrected chi connectivity index (χ1v) is 8.00. The number of hydrogen-bond acceptors (Lipinski definition) is 5. The molecule has 0 saturated heterocycles. The third-order valence-corrected chi connectivity index (χ3v) is 4.62. The quantitative estimate of drug-likeness (QED) is 0.813. The van der Waals surface area contributed by atoms with Crippen molar-refractivity contribution in [3.63, 3.8) is 0 Å². The van der Waals surface area contributed by atoms with Crippen molar-refractivity contribution in [2.75, 3.05) is 0 Å². The van der Waals surface area contributed by atoms with Crippen LogP contribution in [0.2, 0.25) is 0 Å². The third kappa shape index (κ3) is 3.26. The molecule has 0 radical (unpaired) electrons. The van der Waals surface area contributed by atoms with Gasteiger partial charge in [0.15, 0.2) is 10.7 Å². The summed E-state index contributed by atoms with van der Waals surface area (Å²) >= 11 is 0. The second-order valence-electron chi connectivity index (χ2n) is 5.97. The van der Waals surface area contributed by atoms with E-state index in [0.29, 0.717) is 5.69 Å². The highest BCUT2D eigenvalue weighted by molar-refractivity contribution is 7.87. The average Bonchev–Trinajstić information content (AvgIpc) is 2.68. The van der Waals surface area contributed by atoms with E-state index >= 15 is 0 Å². The maximum absolute atomic E-state index is 12.3. The van der Waals surface area contributed by atoms with Crippen LogP contribution in [0.3, 0.4) is 0 Å². The summed E-state index contributed by atoms with van der Waals surface area (Å²) in [6.45, 7) is 9.26. The van der Waals surface area contributed by atoms with Gasteiger partial charge in [0, 0.05) is 0 Å². The number of rotatable bonds is 3. The van der Waals surface area contributed by atoms with Crippen LogP contribution in [-0.4, -0.2) is 13.6 Å². The smallest absolute Gasteiger partial charge is 0.344 e. The van der Waals surface area contributed by atoms with Crippen molar-refractivity contribution < 1.29 is 17.1 Å². The first kappa shape index (κ1) is 15.6. The van der Waals surface area contributed by atoms with Gasteiger partial charge in [-0.15, -0.1) is 0 Å². The number of aryl methyl sites for hydroxylation is 2. The molecule has 1 aromatic heterocycles. The maximum Gasteiger partial charge on any atom is 0.344 e. The lowest BCUT2D eigenvalue weighted by Gasteiger charge is -2.19.